The van der Waals surface area contributed by atoms with Crippen molar-refractivity contribution < 1.29 is 19.1 Å². The predicted molar refractivity (Wildman–Crippen MR) is 86.6 cm³/mol. The van der Waals surface area contributed by atoms with Crippen LogP contribution in [0.25, 0.3) is 0 Å². The Bertz CT molecular complexity index is 698. The van der Waals surface area contributed by atoms with E-state index in [4.69, 9.17) is 9.47 Å². The normalized spacial score (nSPS) is 32.6. The Labute approximate surface area is 137 Å². The smallest absolute Gasteiger partial charge is 0.235 e. The Morgan fingerprint density at radius 3 is 1.96 bits per heavy atom. The molecule has 1 saturated heterocycles. The molecule has 0 N–H and O–H groups in total. The first-order valence-electron chi connectivity index (χ1n) is 8.01. The average molecular weight is 316 g/mol. The molecule has 0 radical (unpaired) electrons. The molecule has 23 heavy (non-hydrogen) atoms. The standard InChI is InChI=1S/C19H24O4/c1-16(2,3)11-19-15(21)13-10-8-7-9-12(13)14(20)18(6,23-19)17(4,5)22-19/h7-10H,11H2,1-6H3/t18-,19+/m0/s1. The third-order valence-electron chi connectivity index (χ3n) is 4.90. The minimum Gasteiger partial charge on any atom is -0.334 e. The molecule has 4 nitrogen and oxygen atoms in total. The minimum atomic E-state index is -1.42. The number of ketones is 2. The van der Waals surface area contributed by atoms with Gasteiger partial charge in [-0.3, -0.25) is 9.59 Å². The molecule has 2 aliphatic heterocycles. The molecular formula is C19H24O4. The zero-order valence-corrected chi connectivity index (χ0v) is 14.6. The van der Waals surface area contributed by atoms with E-state index in [1.807, 2.05) is 34.6 Å². The number of Topliss-reactive ketones (excluding diaryl/α,β-unsaturated/α-hetero) is 2. The van der Waals surface area contributed by atoms with Crippen molar-refractivity contribution in [1.82, 2.24) is 0 Å². The Morgan fingerprint density at radius 2 is 1.43 bits per heavy atom. The van der Waals surface area contributed by atoms with E-state index in [-0.39, 0.29) is 17.0 Å². The van der Waals surface area contributed by atoms with Crippen LogP contribution in [0.15, 0.2) is 24.3 Å². The van der Waals surface area contributed by atoms with Gasteiger partial charge in [-0.15, -0.1) is 0 Å². The lowest BCUT2D eigenvalue weighted by Gasteiger charge is -2.34. The number of hydrogen-bond acceptors (Lipinski definition) is 4. The maximum absolute atomic E-state index is 13.3. The molecule has 2 aliphatic rings. The lowest BCUT2D eigenvalue weighted by Crippen LogP contribution is -2.51. The zero-order valence-electron chi connectivity index (χ0n) is 14.6. The van der Waals surface area contributed by atoms with Gasteiger partial charge < -0.3 is 9.47 Å². The Balaban J connectivity index is 2.27. The SMILES string of the molecule is CC(C)(C)C[C@@]12OC(C)(C)[C@@](C)(O1)C(=O)c1ccccc1C2=O. The fourth-order valence-corrected chi connectivity index (χ4v) is 3.59. The molecule has 0 spiro atoms. The molecule has 0 saturated carbocycles. The number of rotatable bonds is 1. The van der Waals surface area contributed by atoms with E-state index in [1.165, 1.54) is 0 Å². The first kappa shape index (κ1) is 16.3. The first-order chi connectivity index (χ1) is 10.4. The number of fused-ring (bicyclic) bond motifs is 3. The van der Waals surface area contributed by atoms with E-state index >= 15 is 0 Å². The highest BCUT2D eigenvalue weighted by Gasteiger charge is 2.68. The Hall–Kier alpha value is -1.52. The quantitative estimate of drug-likeness (QED) is 0.791. The largest absolute Gasteiger partial charge is 0.334 e. The summed E-state index contributed by atoms with van der Waals surface area (Å²) in [5.41, 5.74) is -1.47. The fraction of sp³-hybridized carbons (Fsp3) is 0.579. The van der Waals surface area contributed by atoms with Crippen LogP contribution in [0.2, 0.25) is 0 Å². The predicted octanol–water partition coefficient (Wildman–Crippen LogP) is 3.78. The Kier molecular flexibility index (Phi) is 3.21. The summed E-state index contributed by atoms with van der Waals surface area (Å²) in [6.45, 7) is 11.5. The van der Waals surface area contributed by atoms with Crippen molar-refractivity contribution in [3.8, 4) is 0 Å². The third-order valence-corrected chi connectivity index (χ3v) is 4.90. The summed E-state index contributed by atoms with van der Waals surface area (Å²) >= 11 is 0. The van der Waals surface area contributed by atoms with Crippen LogP contribution in [0.4, 0.5) is 0 Å². The van der Waals surface area contributed by atoms with Gasteiger partial charge in [-0.25, -0.2) is 0 Å². The summed E-state index contributed by atoms with van der Waals surface area (Å²) in [5.74, 6) is -1.87. The molecule has 0 unspecified atom stereocenters. The summed E-state index contributed by atoms with van der Waals surface area (Å²) in [5, 5.41) is 0. The molecular weight excluding hydrogens is 292 g/mol. The van der Waals surface area contributed by atoms with Crippen molar-refractivity contribution in [2.45, 2.75) is 65.0 Å². The summed E-state index contributed by atoms with van der Waals surface area (Å²) in [7, 11) is 0. The van der Waals surface area contributed by atoms with Crippen LogP contribution in [0, 0.1) is 5.41 Å². The molecule has 124 valence electrons. The molecule has 2 bridgehead atoms. The highest BCUT2D eigenvalue weighted by atomic mass is 16.8. The van der Waals surface area contributed by atoms with Crippen LogP contribution < -0.4 is 0 Å². The molecule has 0 aromatic heterocycles. The van der Waals surface area contributed by atoms with Gasteiger partial charge in [-0.05, 0) is 26.2 Å². The monoisotopic (exact) mass is 316 g/mol. The molecule has 1 fully saturated rings. The van der Waals surface area contributed by atoms with Gasteiger partial charge in [0.05, 0.1) is 0 Å². The van der Waals surface area contributed by atoms with Crippen molar-refractivity contribution in [3.05, 3.63) is 35.4 Å². The van der Waals surface area contributed by atoms with Crippen molar-refractivity contribution in [2.24, 2.45) is 5.41 Å². The van der Waals surface area contributed by atoms with Gasteiger partial charge in [0.15, 0.2) is 11.4 Å². The van der Waals surface area contributed by atoms with Gasteiger partial charge in [0, 0.05) is 17.5 Å². The summed E-state index contributed by atoms with van der Waals surface area (Å²) < 4.78 is 12.3. The number of benzene rings is 1. The topological polar surface area (TPSA) is 52.6 Å². The lowest BCUT2D eigenvalue weighted by molar-refractivity contribution is -0.168. The number of carbonyl (C=O) groups is 2. The molecule has 2 atom stereocenters. The van der Waals surface area contributed by atoms with E-state index in [0.29, 0.717) is 17.5 Å². The van der Waals surface area contributed by atoms with Gasteiger partial charge in [0.1, 0.15) is 5.60 Å². The number of hydrogen-bond donors (Lipinski definition) is 0. The van der Waals surface area contributed by atoms with E-state index < -0.39 is 17.0 Å². The van der Waals surface area contributed by atoms with Crippen LogP contribution in [0.5, 0.6) is 0 Å². The van der Waals surface area contributed by atoms with Crippen LogP contribution in [-0.4, -0.2) is 28.6 Å². The number of ether oxygens (including phenoxy) is 2. The molecule has 1 aromatic carbocycles. The summed E-state index contributed by atoms with van der Waals surface area (Å²) in [6.07, 6.45) is 0.388. The van der Waals surface area contributed by atoms with E-state index in [0.717, 1.165) is 0 Å². The molecule has 1 aromatic rings. The molecule has 3 rings (SSSR count). The van der Waals surface area contributed by atoms with Gasteiger partial charge in [0.25, 0.3) is 0 Å². The van der Waals surface area contributed by atoms with E-state index in [1.54, 1.807) is 31.2 Å². The van der Waals surface area contributed by atoms with Crippen molar-refractivity contribution >= 4 is 11.6 Å². The van der Waals surface area contributed by atoms with E-state index in [2.05, 4.69) is 0 Å². The second-order valence-corrected chi connectivity index (χ2v) is 8.44. The summed E-state index contributed by atoms with van der Waals surface area (Å²) in [6, 6.07) is 6.92. The van der Waals surface area contributed by atoms with Crippen LogP contribution in [-0.2, 0) is 9.47 Å². The maximum Gasteiger partial charge on any atom is 0.235 e. The highest BCUT2D eigenvalue weighted by Crippen LogP contribution is 2.53. The molecule has 4 heteroatoms. The van der Waals surface area contributed by atoms with Crippen LogP contribution >= 0.6 is 0 Å². The number of carbonyl (C=O) groups excluding carboxylic acids is 2. The molecule has 0 amide bonds. The maximum atomic E-state index is 13.3. The van der Waals surface area contributed by atoms with Crippen LogP contribution in [0.1, 0.15) is 68.7 Å². The minimum absolute atomic E-state index is 0.195. The average Bonchev–Trinajstić information content (AvgIpc) is 2.59. The second kappa shape index (κ2) is 4.52. The fourth-order valence-electron chi connectivity index (χ4n) is 3.59. The second-order valence-electron chi connectivity index (χ2n) is 8.44. The van der Waals surface area contributed by atoms with Gasteiger partial charge in [0.2, 0.25) is 11.6 Å². The van der Waals surface area contributed by atoms with E-state index in [9.17, 15) is 9.59 Å². The lowest BCUT2D eigenvalue weighted by atomic mass is 9.79. The Morgan fingerprint density at radius 1 is 0.913 bits per heavy atom. The molecule has 0 aliphatic carbocycles. The van der Waals surface area contributed by atoms with Crippen molar-refractivity contribution in [3.63, 3.8) is 0 Å². The molecule has 2 heterocycles. The van der Waals surface area contributed by atoms with Crippen molar-refractivity contribution in [1.29, 1.82) is 0 Å². The van der Waals surface area contributed by atoms with Gasteiger partial charge in [-0.1, -0.05) is 45.0 Å². The van der Waals surface area contributed by atoms with Gasteiger partial charge in [-0.2, -0.15) is 0 Å². The zero-order chi connectivity index (χ0) is 17.3. The third kappa shape index (κ3) is 2.19. The summed E-state index contributed by atoms with van der Waals surface area (Å²) in [4.78, 5) is 26.4. The van der Waals surface area contributed by atoms with Crippen molar-refractivity contribution in [2.75, 3.05) is 0 Å². The van der Waals surface area contributed by atoms with Crippen LogP contribution in [0.3, 0.4) is 0 Å². The highest BCUT2D eigenvalue weighted by molar-refractivity contribution is 6.16. The first-order valence-corrected chi connectivity index (χ1v) is 8.01. The van der Waals surface area contributed by atoms with Gasteiger partial charge >= 0.3 is 0 Å².